The number of methoxy groups -OCH3 is 1. The van der Waals surface area contributed by atoms with E-state index in [0.717, 1.165) is 11.1 Å². The molecule has 0 aliphatic carbocycles. The lowest BCUT2D eigenvalue weighted by Gasteiger charge is -2.32. The number of ether oxygens (including phenoxy) is 1. The number of amides is 1. The first kappa shape index (κ1) is 30.3. The molecule has 4 N–H and O–H groups in total. The molecule has 0 bridgehead atoms. The number of nitrogens with one attached hydrogen (secondary N) is 1. The Bertz CT molecular complexity index is 1340. The number of aliphatic hydroxyl groups excluding tert-OH is 1. The van der Waals surface area contributed by atoms with Gasteiger partial charge in [0.25, 0.3) is 0 Å². The van der Waals surface area contributed by atoms with Gasteiger partial charge >= 0.3 is 5.91 Å². The van der Waals surface area contributed by atoms with E-state index in [1.54, 1.807) is 37.4 Å². The van der Waals surface area contributed by atoms with Crippen molar-refractivity contribution in [3.8, 4) is 5.75 Å². The highest BCUT2D eigenvalue weighted by atomic mass is 32.2. The van der Waals surface area contributed by atoms with Gasteiger partial charge in [-0.15, -0.1) is 0 Å². The Morgan fingerprint density at radius 1 is 1.03 bits per heavy atom. The monoisotopic (exact) mass is 554 g/mol. The van der Waals surface area contributed by atoms with Crippen LogP contribution in [-0.4, -0.2) is 63.1 Å². The second-order valence-corrected chi connectivity index (χ2v) is 12.3. The van der Waals surface area contributed by atoms with Gasteiger partial charge in [-0.1, -0.05) is 50.2 Å². The van der Waals surface area contributed by atoms with E-state index in [9.17, 15) is 18.3 Å². The fourth-order valence-corrected chi connectivity index (χ4v) is 6.24. The standard InChI is InChI=1S/C30H39N3O5S/c1-21(2)19-33(39(36,37)26-15-13-25(38-5)14-16-26)20-29(34)28(17-23-9-7-6-8-10-23)32(4)30(35)27-18-24(31)12-11-22(27)3/h6-16,18,21,28-29,34H,17,19-20,31H2,1-5H3/p+1/t28-,29+/m0/s1. The summed E-state index contributed by atoms with van der Waals surface area (Å²) in [6.07, 6.45) is -0.763. The number of likely N-dealkylation sites (N-methyl/N-ethyl adjacent to an activating group) is 1. The molecule has 0 heterocycles. The first-order valence-corrected chi connectivity index (χ1v) is 14.5. The normalized spacial score (nSPS) is 14.3. The molecule has 210 valence electrons. The summed E-state index contributed by atoms with van der Waals surface area (Å²) in [6.45, 7) is 5.74. The van der Waals surface area contributed by atoms with Crippen LogP contribution in [0.15, 0.2) is 77.7 Å². The van der Waals surface area contributed by atoms with Crippen LogP contribution in [0.25, 0.3) is 0 Å². The molecule has 3 rings (SSSR count). The number of nitrogens with zero attached hydrogens (tertiary/aromatic N) is 1. The highest BCUT2D eigenvalue weighted by Crippen LogP contribution is 2.21. The van der Waals surface area contributed by atoms with E-state index in [2.05, 4.69) is 0 Å². The molecule has 0 fully saturated rings. The molecule has 0 aliphatic rings. The molecular formula is C30H40N3O5S+. The van der Waals surface area contributed by atoms with Crippen molar-refractivity contribution in [2.45, 2.75) is 44.2 Å². The summed E-state index contributed by atoms with van der Waals surface area (Å²) in [5.74, 6) is 0.348. The number of nitrogen functional groups attached to an aromatic ring is 1. The fourth-order valence-electron chi connectivity index (χ4n) is 4.62. The van der Waals surface area contributed by atoms with Gasteiger partial charge in [0.15, 0.2) is 0 Å². The first-order valence-electron chi connectivity index (χ1n) is 13.0. The number of sulfonamides is 1. The molecule has 0 radical (unpaired) electrons. The van der Waals surface area contributed by atoms with Crippen LogP contribution < -0.4 is 15.4 Å². The molecule has 3 aromatic carbocycles. The molecule has 0 saturated heterocycles. The summed E-state index contributed by atoms with van der Waals surface area (Å²) in [4.78, 5) is 14.2. The maximum absolute atomic E-state index is 13.7. The Labute approximate surface area is 232 Å². The lowest BCUT2D eigenvalue weighted by Crippen LogP contribution is -3.17. The van der Waals surface area contributed by atoms with Crippen LogP contribution >= 0.6 is 0 Å². The number of hydrogen-bond acceptors (Lipinski definition) is 6. The minimum Gasteiger partial charge on any atom is -0.497 e. The molecule has 0 aromatic heterocycles. The van der Waals surface area contributed by atoms with Crippen molar-refractivity contribution in [1.29, 1.82) is 0 Å². The SMILES string of the molecule is COc1ccc(S(=O)(=O)N(CC(C)C)C[C@@H](O)[C@H](Cc2ccccc2)[NH+](C)C(=O)c2cc(N)ccc2C)cc1. The summed E-state index contributed by atoms with van der Waals surface area (Å²) in [6, 6.07) is 20.3. The summed E-state index contributed by atoms with van der Waals surface area (Å²) in [5, 5.41) is 11.6. The molecule has 0 spiro atoms. The number of nitrogens with two attached hydrogens (primary N) is 1. The number of benzene rings is 3. The van der Waals surface area contributed by atoms with E-state index in [0.29, 0.717) is 28.3 Å². The zero-order chi connectivity index (χ0) is 28.7. The van der Waals surface area contributed by atoms with Gasteiger partial charge in [-0.05, 0) is 60.4 Å². The zero-order valence-electron chi connectivity index (χ0n) is 23.3. The Kier molecular flexibility index (Phi) is 10.3. The molecule has 8 nitrogen and oxygen atoms in total. The van der Waals surface area contributed by atoms with E-state index >= 15 is 0 Å². The van der Waals surface area contributed by atoms with Crippen molar-refractivity contribution < 1.29 is 28.0 Å². The van der Waals surface area contributed by atoms with Gasteiger partial charge in [0.05, 0.1) is 24.6 Å². The van der Waals surface area contributed by atoms with Gasteiger partial charge in [0, 0.05) is 25.2 Å². The van der Waals surface area contributed by atoms with E-state index in [1.807, 2.05) is 51.1 Å². The van der Waals surface area contributed by atoms with Gasteiger partial charge in [0.2, 0.25) is 10.0 Å². The number of aliphatic hydroxyl groups is 1. The van der Waals surface area contributed by atoms with Crippen molar-refractivity contribution in [2.24, 2.45) is 5.92 Å². The third kappa shape index (κ3) is 7.67. The van der Waals surface area contributed by atoms with Crippen LogP contribution in [0.3, 0.4) is 0 Å². The Morgan fingerprint density at radius 3 is 2.26 bits per heavy atom. The molecular weight excluding hydrogens is 514 g/mol. The van der Waals surface area contributed by atoms with Crippen LogP contribution in [-0.2, 0) is 16.4 Å². The van der Waals surface area contributed by atoms with Crippen molar-refractivity contribution in [3.63, 3.8) is 0 Å². The zero-order valence-corrected chi connectivity index (χ0v) is 24.1. The molecule has 39 heavy (non-hydrogen) atoms. The Balaban J connectivity index is 1.96. The number of aryl methyl sites for hydroxylation is 1. The molecule has 9 heteroatoms. The predicted molar refractivity (Wildman–Crippen MR) is 153 cm³/mol. The lowest BCUT2D eigenvalue weighted by atomic mass is 9.98. The third-order valence-electron chi connectivity index (χ3n) is 6.84. The van der Waals surface area contributed by atoms with Crippen molar-refractivity contribution in [3.05, 3.63) is 89.5 Å². The molecule has 1 unspecified atom stereocenters. The molecule has 0 aliphatic heterocycles. The average Bonchev–Trinajstić information content (AvgIpc) is 2.92. The van der Waals surface area contributed by atoms with Crippen LogP contribution in [0.5, 0.6) is 5.75 Å². The Hall–Kier alpha value is -3.24. The van der Waals surface area contributed by atoms with Crippen LogP contribution in [0.2, 0.25) is 0 Å². The second-order valence-electron chi connectivity index (χ2n) is 10.3. The third-order valence-corrected chi connectivity index (χ3v) is 8.69. The largest absolute Gasteiger partial charge is 0.497 e. The van der Waals surface area contributed by atoms with Gasteiger partial charge in [0.1, 0.15) is 17.9 Å². The van der Waals surface area contributed by atoms with Gasteiger partial charge < -0.3 is 15.6 Å². The van der Waals surface area contributed by atoms with E-state index in [-0.39, 0.29) is 29.8 Å². The number of carbonyl (C=O) groups excluding carboxylic acids is 1. The summed E-state index contributed by atoms with van der Waals surface area (Å²) in [5.41, 5.74) is 8.64. The minimum atomic E-state index is -3.93. The number of carbonyl (C=O) groups is 1. The van der Waals surface area contributed by atoms with Crippen molar-refractivity contribution >= 4 is 21.6 Å². The van der Waals surface area contributed by atoms with Crippen LogP contribution in [0.1, 0.15) is 35.3 Å². The minimum absolute atomic E-state index is 0.0134. The van der Waals surface area contributed by atoms with Gasteiger partial charge in [-0.2, -0.15) is 4.31 Å². The maximum atomic E-state index is 13.7. The fraction of sp³-hybridized carbons (Fsp3) is 0.367. The first-order chi connectivity index (χ1) is 18.4. The van der Waals surface area contributed by atoms with Crippen LogP contribution in [0.4, 0.5) is 5.69 Å². The smallest absolute Gasteiger partial charge is 0.344 e. The lowest BCUT2D eigenvalue weighted by molar-refractivity contribution is -0.825. The Morgan fingerprint density at radius 2 is 1.67 bits per heavy atom. The molecule has 3 atom stereocenters. The van der Waals surface area contributed by atoms with Crippen molar-refractivity contribution in [2.75, 3.05) is 33.0 Å². The quantitative estimate of drug-likeness (QED) is 0.297. The number of anilines is 1. The van der Waals surface area contributed by atoms with E-state index in [1.165, 1.54) is 23.5 Å². The number of quaternary nitrogens is 1. The van der Waals surface area contributed by atoms with Gasteiger partial charge in [-0.25, -0.2) is 13.2 Å². The highest BCUT2D eigenvalue weighted by molar-refractivity contribution is 7.89. The van der Waals surface area contributed by atoms with Crippen LogP contribution in [0, 0.1) is 12.8 Å². The summed E-state index contributed by atoms with van der Waals surface area (Å²) < 4.78 is 33.8. The van der Waals surface area contributed by atoms with Crippen molar-refractivity contribution in [1.82, 2.24) is 4.31 Å². The highest BCUT2D eigenvalue weighted by Gasteiger charge is 2.37. The van der Waals surface area contributed by atoms with E-state index < -0.39 is 22.2 Å². The van der Waals surface area contributed by atoms with Gasteiger partial charge in [-0.3, -0.25) is 4.90 Å². The molecule has 1 amide bonds. The molecule has 3 aromatic rings. The maximum Gasteiger partial charge on any atom is 0.344 e. The average molecular weight is 555 g/mol. The summed E-state index contributed by atoms with van der Waals surface area (Å²) in [7, 11) is -0.694. The van der Waals surface area contributed by atoms with E-state index in [4.69, 9.17) is 10.5 Å². The number of hydrogen-bond donors (Lipinski definition) is 3. The topological polar surface area (TPSA) is 114 Å². The summed E-state index contributed by atoms with van der Waals surface area (Å²) >= 11 is 0. The molecule has 0 saturated carbocycles. The predicted octanol–water partition coefficient (Wildman–Crippen LogP) is 2.56. The number of rotatable bonds is 12. The second kappa shape index (κ2) is 13.2.